The van der Waals surface area contributed by atoms with Gasteiger partial charge in [-0.2, -0.15) is 5.10 Å². The van der Waals surface area contributed by atoms with Crippen LogP contribution in [0, 0.1) is 0 Å². The SMILES string of the molecule is O=c1cc(NC2CC2)cnn1Cc1ccc(Br)cc1Cl. The molecular formula is C14H13BrClN3O. The van der Waals surface area contributed by atoms with Crippen LogP contribution in [-0.2, 0) is 6.54 Å². The number of nitrogens with zero attached hydrogens (tertiary/aromatic N) is 2. The van der Waals surface area contributed by atoms with Gasteiger partial charge >= 0.3 is 0 Å². The topological polar surface area (TPSA) is 46.9 Å². The van der Waals surface area contributed by atoms with Crippen molar-refractivity contribution in [3.05, 3.63) is 55.9 Å². The summed E-state index contributed by atoms with van der Waals surface area (Å²) in [4.78, 5) is 12.0. The first-order valence-corrected chi connectivity index (χ1v) is 7.56. The summed E-state index contributed by atoms with van der Waals surface area (Å²) in [6.45, 7) is 0.370. The van der Waals surface area contributed by atoms with Crippen LogP contribution in [-0.4, -0.2) is 15.8 Å². The molecule has 0 amide bonds. The second-order valence-electron chi connectivity index (χ2n) is 4.89. The van der Waals surface area contributed by atoms with Crippen molar-refractivity contribution in [1.29, 1.82) is 0 Å². The Morgan fingerprint density at radius 1 is 1.40 bits per heavy atom. The van der Waals surface area contributed by atoms with Crippen LogP contribution >= 0.6 is 27.5 Å². The number of hydrogen-bond acceptors (Lipinski definition) is 3. The molecular weight excluding hydrogens is 342 g/mol. The van der Waals surface area contributed by atoms with Crippen molar-refractivity contribution in [2.24, 2.45) is 0 Å². The molecule has 20 heavy (non-hydrogen) atoms. The van der Waals surface area contributed by atoms with E-state index in [2.05, 4.69) is 26.3 Å². The van der Waals surface area contributed by atoms with Crippen molar-refractivity contribution in [2.45, 2.75) is 25.4 Å². The zero-order valence-corrected chi connectivity index (χ0v) is 13.0. The molecule has 1 aromatic heterocycles. The predicted octanol–water partition coefficient (Wildman–Crippen LogP) is 3.28. The Morgan fingerprint density at radius 2 is 2.20 bits per heavy atom. The highest BCUT2D eigenvalue weighted by Crippen LogP contribution is 2.24. The minimum Gasteiger partial charge on any atom is -0.381 e. The summed E-state index contributed by atoms with van der Waals surface area (Å²) < 4.78 is 2.32. The van der Waals surface area contributed by atoms with Crippen LogP contribution in [0.3, 0.4) is 0 Å². The maximum atomic E-state index is 12.0. The molecule has 1 heterocycles. The average Bonchev–Trinajstić information content (AvgIpc) is 3.19. The number of rotatable bonds is 4. The molecule has 0 unspecified atom stereocenters. The van der Waals surface area contributed by atoms with Crippen LogP contribution < -0.4 is 10.9 Å². The lowest BCUT2D eigenvalue weighted by molar-refractivity contribution is 0.639. The third-order valence-electron chi connectivity index (χ3n) is 3.15. The van der Waals surface area contributed by atoms with Gasteiger partial charge in [-0.1, -0.05) is 33.6 Å². The predicted molar refractivity (Wildman–Crippen MR) is 83.4 cm³/mol. The molecule has 0 saturated heterocycles. The summed E-state index contributed by atoms with van der Waals surface area (Å²) in [6.07, 6.45) is 4.02. The molecule has 0 spiro atoms. The van der Waals surface area contributed by atoms with E-state index < -0.39 is 0 Å². The Balaban J connectivity index is 1.81. The molecule has 2 aromatic rings. The van der Waals surface area contributed by atoms with Crippen molar-refractivity contribution in [1.82, 2.24) is 9.78 Å². The molecule has 1 aliphatic carbocycles. The van der Waals surface area contributed by atoms with Crippen molar-refractivity contribution in [2.75, 3.05) is 5.32 Å². The Bertz CT molecular complexity index is 697. The summed E-state index contributed by atoms with van der Waals surface area (Å²) >= 11 is 9.51. The van der Waals surface area contributed by atoms with Crippen LogP contribution in [0.25, 0.3) is 0 Å². The number of anilines is 1. The molecule has 1 aliphatic rings. The third kappa shape index (κ3) is 3.22. The van der Waals surface area contributed by atoms with Gasteiger partial charge in [0.05, 0.1) is 18.4 Å². The standard InChI is InChI=1S/C14H13BrClN3O/c15-10-2-1-9(13(16)5-10)8-19-14(20)6-12(7-17-19)18-11-3-4-11/h1-2,5-7,11,18H,3-4,8H2. The van der Waals surface area contributed by atoms with Gasteiger partial charge in [-0.05, 0) is 30.5 Å². The lowest BCUT2D eigenvalue weighted by atomic mass is 10.2. The van der Waals surface area contributed by atoms with Crippen LogP contribution in [0.4, 0.5) is 5.69 Å². The van der Waals surface area contributed by atoms with Crippen molar-refractivity contribution < 1.29 is 0 Å². The number of halogens is 2. The Morgan fingerprint density at radius 3 is 2.85 bits per heavy atom. The molecule has 4 nitrogen and oxygen atoms in total. The van der Waals surface area contributed by atoms with Crippen LogP contribution in [0.15, 0.2) is 39.7 Å². The largest absolute Gasteiger partial charge is 0.381 e. The van der Waals surface area contributed by atoms with E-state index in [9.17, 15) is 4.79 Å². The zero-order valence-electron chi connectivity index (χ0n) is 10.6. The molecule has 0 bridgehead atoms. The Kier molecular flexibility index (Phi) is 3.81. The first-order chi connectivity index (χ1) is 9.61. The lowest BCUT2D eigenvalue weighted by Crippen LogP contribution is -2.23. The van der Waals surface area contributed by atoms with E-state index in [4.69, 9.17) is 11.6 Å². The van der Waals surface area contributed by atoms with Gasteiger partial charge in [0.1, 0.15) is 0 Å². The van der Waals surface area contributed by atoms with Crippen LogP contribution in [0.1, 0.15) is 18.4 Å². The van der Waals surface area contributed by atoms with Gasteiger partial charge in [0.25, 0.3) is 5.56 Å². The second-order valence-corrected chi connectivity index (χ2v) is 6.22. The van der Waals surface area contributed by atoms with Gasteiger partial charge in [-0.15, -0.1) is 0 Å². The number of benzene rings is 1. The number of aromatic nitrogens is 2. The van der Waals surface area contributed by atoms with Gasteiger partial charge in [-0.25, -0.2) is 4.68 Å². The van der Waals surface area contributed by atoms with Crippen molar-refractivity contribution in [3.63, 3.8) is 0 Å². The highest BCUT2D eigenvalue weighted by Gasteiger charge is 2.21. The highest BCUT2D eigenvalue weighted by molar-refractivity contribution is 9.10. The summed E-state index contributed by atoms with van der Waals surface area (Å²) in [5.74, 6) is 0. The van der Waals surface area contributed by atoms with Crippen molar-refractivity contribution in [3.8, 4) is 0 Å². The van der Waals surface area contributed by atoms with Gasteiger partial charge in [-0.3, -0.25) is 4.79 Å². The minimum absolute atomic E-state index is 0.130. The van der Waals surface area contributed by atoms with Crippen LogP contribution in [0.2, 0.25) is 5.02 Å². The van der Waals surface area contributed by atoms with E-state index in [-0.39, 0.29) is 5.56 Å². The maximum absolute atomic E-state index is 12.0. The third-order valence-corrected chi connectivity index (χ3v) is 4.00. The van der Waals surface area contributed by atoms with Crippen LogP contribution in [0.5, 0.6) is 0 Å². The van der Waals surface area contributed by atoms with E-state index in [1.54, 1.807) is 12.3 Å². The maximum Gasteiger partial charge on any atom is 0.269 e. The first kappa shape index (κ1) is 13.6. The first-order valence-electron chi connectivity index (χ1n) is 6.39. The molecule has 104 valence electrons. The zero-order chi connectivity index (χ0) is 14.1. The summed E-state index contributed by atoms with van der Waals surface area (Å²) in [7, 11) is 0. The van der Waals surface area contributed by atoms with Gasteiger partial charge in [0, 0.05) is 21.6 Å². The molecule has 6 heteroatoms. The van der Waals surface area contributed by atoms with E-state index in [0.29, 0.717) is 17.6 Å². The smallest absolute Gasteiger partial charge is 0.269 e. The van der Waals surface area contributed by atoms with Gasteiger partial charge < -0.3 is 5.32 Å². The molecule has 1 saturated carbocycles. The number of nitrogens with one attached hydrogen (secondary N) is 1. The second kappa shape index (κ2) is 5.58. The van der Waals surface area contributed by atoms with Gasteiger partial charge in [0.2, 0.25) is 0 Å². The summed E-state index contributed by atoms with van der Waals surface area (Å²) in [6, 6.07) is 7.68. The Labute approximate surface area is 129 Å². The monoisotopic (exact) mass is 353 g/mol. The van der Waals surface area contributed by atoms with E-state index in [1.165, 1.54) is 4.68 Å². The van der Waals surface area contributed by atoms with Crippen molar-refractivity contribution >= 4 is 33.2 Å². The average molecular weight is 355 g/mol. The molecule has 1 N–H and O–H groups in total. The molecule has 3 rings (SSSR count). The summed E-state index contributed by atoms with van der Waals surface area (Å²) in [5.41, 5.74) is 1.53. The quantitative estimate of drug-likeness (QED) is 0.916. The highest BCUT2D eigenvalue weighted by atomic mass is 79.9. The van der Waals surface area contributed by atoms with E-state index >= 15 is 0 Å². The fourth-order valence-electron chi connectivity index (χ4n) is 1.91. The normalized spacial score (nSPS) is 14.3. The summed E-state index contributed by atoms with van der Waals surface area (Å²) in [5, 5.41) is 8.07. The van der Waals surface area contributed by atoms with Gasteiger partial charge in [0.15, 0.2) is 0 Å². The fraction of sp³-hybridized carbons (Fsp3) is 0.286. The van der Waals surface area contributed by atoms with E-state index in [0.717, 1.165) is 28.6 Å². The molecule has 1 fully saturated rings. The molecule has 0 atom stereocenters. The molecule has 1 aromatic carbocycles. The fourth-order valence-corrected chi connectivity index (χ4v) is 2.64. The molecule has 0 radical (unpaired) electrons. The van der Waals surface area contributed by atoms with E-state index in [1.807, 2.05) is 18.2 Å². The molecule has 0 aliphatic heterocycles. The Hall–Kier alpha value is -1.33. The minimum atomic E-state index is -0.130. The number of hydrogen-bond donors (Lipinski definition) is 1. The lowest BCUT2D eigenvalue weighted by Gasteiger charge is -2.08.